The van der Waals surface area contributed by atoms with E-state index >= 15 is 0 Å². The van der Waals surface area contributed by atoms with Crippen molar-refractivity contribution in [1.29, 1.82) is 0 Å². The fraction of sp³-hybridized carbons (Fsp3) is 0.500. The lowest BCUT2D eigenvalue weighted by atomic mass is 10.3. The van der Waals surface area contributed by atoms with Gasteiger partial charge < -0.3 is 9.47 Å². The minimum Gasteiger partial charge on any atom is -0.469 e. The maximum absolute atomic E-state index is 11.5. The number of aromatic nitrogens is 1. The number of hydrogen-bond donors (Lipinski definition) is 1. The molecule has 0 saturated heterocycles. The van der Waals surface area contributed by atoms with Crippen LogP contribution in [-0.4, -0.2) is 36.5 Å². The minimum absolute atomic E-state index is 0.0330. The second-order valence-corrected chi connectivity index (χ2v) is 5.19. The first-order valence-corrected chi connectivity index (χ1v) is 6.94. The van der Waals surface area contributed by atoms with Crippen molar-refractivity contribution in [3.63, 3.8) is 0 Å². The van der Waals surface area contributed by atoms with Crippen molar-refractivity contribution in [2.45, 2.75) is 19.3 Å². The molecule has 0 atom stereocenters. The van der Waals surface area contributed by atoms with Crippen molar-refractivity contribution in [1.82, 2.24) is 4.98 Å². The van der Waals surface area contributed by atoms with Crippen LogP contribution in [0.3, 0.4) is 0 Å². The Morgan fingerprint density at radius 2 is 2.20 bits per heavy atom. The van der Waals surface area contributed by atoms with E-state index in [9.17, 15) is 14.4 Å². The molecule has 0 unspecified atom stereocenters. The third-order valence-electron chi connectivity index (χ3n) is 2.61. The van der Waals surface area contributed by atoms with Gasteiger partial charge in [0.05, 0.1) is 25.1 Å². The molecule has 0 aromatic carbocycles. The maximum atomic E-state index is 11.5. The van der Waals surface area contributed by atoms with Gasteiger partial charge in [-0.15, -0.1) is 11.3 Å². The number of amides is 1. The number of nitrogens with zero attached hydrogens (tertiary/aromatic N) is 1. The molecule has 1 amide bonds. The monoisotopic (exact) mass is 298 g/mol. The first kappa shape index (κ1) is 14.4. The Bertz CT molecular complexity index is 524. The average Bonchev–Trinajstić information content (AvgIpc) is 3.19. The van der Waals surface area contributed by atoms with E-state index in [4.69, 9.17) is 4.74 Å². The number of anilines is 1. The van der Waals surface area contributed by atoms with Crippen molar-refractivity contribution < 1.29 is 23.9 Å². The summed E-state index contributed by atoms with van der Waals surface area (Å²) in [5.74, 6) is -1.20. The zero-order valence-corrected chi connectivity index (χ0v) is 11.7. The molecule has 20 heavy (non-hydrogen) atoms. The Morgan fingerprint density at radius 1 is 1.45 bits per heavy atom. The van der Waals surface area contributed by atoms with E-state index < -0.39 is 11.9 Å². The molecule has 0 aliphatic heterocycles. The summed E-state index contributed by atoms with van der Waals surface area (Å²) in [4.78, 5) is 37.9. The number of carbonyl (C=O) groups is 3. The molecule has 1 saturated carbocycles. The summed E-state index contributed by atoms with van der Waals surface area (Å²) in [6.45, 7) is -0.318. The van der Waals surface area contributed by atoms with Gasteiger partial charge in [0.15, 0.2) is 11.7 Å². The van der Waals surface area contributed by atoms with Crippen LogP contribution in [0.1, 0.15) is 18.5 Å². The lowest BCUT2D eigenvalue weighted by Crippen LogP contribution is -2.21. The van der Waals surface area contributed by atoms with Crippen molar-refractivity contribution in [2.75, 3.05) is 19.0 Å². The molecule has 0 spiro atoms. The molecule has 1 aromatic rings. The van der Waals surface area contributed by atoms with Gasteiger partial charge in [-0.2, -0.15) is 0 Å². The average molecular weight is 298 g/mol. The molecule has 0 bridgehead atoms. The quantitative estimate of drug-likeness (QED) is 0.779. The van der Waals surface area contributed by atoms with Gasteiger partial charge in [0.2, 0.25) is 0 Å². The van der Waals surface area contributed by atoms with Gasteiger partial charge >= 0.3 is 11.9 Å². The highest BCUT2D eigenvalue weighted by molar-refractivity contribution is 7.13. The van der Waals surface area contributed by atoms with Crippen molar-refractivity contribution in [3.05, 3.63) is 11.1 Å². The van der Waals surface area contributed by atoms with Crippen LogP contribution in [0.4, 0.5) is 5.13 Å². The number of esters is 2. The van der Waals surface area contributed by atoms with E-state index in [1.54, 1.807) is 5.38 Å². The Labute approximate surface area is 119 Å². The number of ether oxygens (including phenoxy) is 2. The van der Waals surface area contributed by atoms with Crippen LogP contribution in [-0.2, 0) is 30.3 Å². The van der Waals surface area contributed by atoms with Crippen LogP contribution >= 0.6 is 11.3 Å². The molecule has 1 N–H and O–H groups in total. The van der Waals surface area contributed by atoms with Crippen LogP contribution in [0.25, 0.3) is 0 Å². The number of rotatable bonds is 6. The topological polar surface area (TPSA) is 94.6 Å². The lowest BCUT2D eigenvalue weighted by Gasteiger charge is -2.03. The van der Waals surface area contributed by atoms with E-state index in [0.717, 1.165) is 12.8 Å². The molecule has 0 radical (unpaired) electrons. The molecule has 1 aromatic heterocycles. The normalized spacial score (nSPS) is 13.7. The van der Waals surface area contributed by atoms with Gasteiger partial charge in [-0.1, -0.05) is 0 Å². The zero-order chi connectivity index (χ0) is 14.5. The highest BCUT2D eigenvalue weighted by Gasteiger charge is 2.31. The van der Waals surface area contributed by atoms with Crippen LogP contribution in [0.2, 0.25) is 0 Å². The predicted molar refractivity (Wildman–Crippen MR) is 70.1 cm³/mol. The summed E-state index contributed by atoms with van der Waals surface area (Å²) < 4.78 is 9.36. The number of nitrogens with one attached hydrogen (secondary N) is 1. The van der Waals surface area contributed by atoms with E-state index in [0.29, 0.717) is 10.8 Å². The van der Waals surface area contributed by atoms with Gasteiger partial charge in [-0.3, -0.25) is 19.7 Å². The SMILES string of the molecule is COC(=O)Cc1csc(NC(=O)COC(=O)C2CC2)n1. The largest absolute Gasteiger partial charge is 0.469 e. The summed E-state index contributed by atoms with van der Waals surface area (Å²) in [5, 5.41) is 4.52. The van der Waals surface area contributed by atoms with Gasteiger partial charge in [0, 0.05) is 5.38 Å². The van der Waals surface area contributed by atoms with Crippen LogP contribution in [0, 0.1) is 5.92 Å². The Kier molecular flexibility index (Phi) is 4.67. The van der Waals surface area contributed by atoms with Crippen LogP contribution in [0.15, 0.2) is 5.38 Å². The number of carbonyl (C=O) groups excluding carboxylic acids is 3. The first-order valence-electron chi connectivity index (χ1n) is 6.06. The first-order chi connectivity index (χ1) is 9.58. The third kappa shape index (κ3) is 4.30. The Hall–Kier alpha value is -1.96. The van der Waals surface area contributed by atoms with Crippen molar-refractivity contribution in [3.8, 4) is 0 Å². The molecule has 1 fully saturated rings. The maximum Gasteiger partial charge on any atom is 0.311 e. The summed E-state index contributed by atoms with van der Waals surface area (Å²) in [5.41, 5.74) is 0.520. The standard InChI is InChI=1S/C12H14N2O5S/c1-18-10(16)4-8-6-20-12(13-8)14-9(15)5-19-11(17)7-2-3-7/h6-7H,2-5H2,1H3,(H,13,14,15). The zero-order valence-electron chi connectivity index (χ0n) is 10.9. The summed E-state index contributed by atoms with van der Waals surface area (Å²) in [6.07, 6.45) is 1.73. The van der Waals surface area contributed by atoms with Gasteiger partial charge in [-0.25, -0.2) is 4.98 Å². The van der Waals surface area contributed by atoms with Gasteiger partial charge in [-0.05, 0) is 12.8 Å². The summed E-state index contributed by atoms with van der Waals surface area (Å²) in [7, 11) is 1.30. The van der Waals surface area contributed by atoms with Gasteiger partial charge in [0.25, 0.3) is 5.91 Å². The highest BCUT2D eigenvalue weighted by atomic mass is 32.1. The molecule has 1 heterocycles. The molecule has 8 heteroatoms. The number of hydrogen-bond acceptors (Lipinski definition) is 7. The second kappa shape index (κ2) is 6.47. The molecular formula is C12H14N2O5S. The second-order valence-electron chi connectivity index (χ2n) is 4.33. The molecule has 108 valence electrons. The molecule has 1 aliphatic rings. The van der Waals surface area contributed by atoms with Crippen LogP contribution < -0.4 is 5.32 Å². The van der Waals surface area contributed by atoms with Crippen molar-refractivity contribution >= 4 is 34.3 Å². The minimum atomic E-state index is -0.446. The molecule has 1 aliphatic carbocycles. The Morgan fingerprint density at radius 3 is 2.85 bits per heavy atom. The van der Waals surface area contributed by atoms with Crippen molar-refractivity contribution in [2.24, 2.45) is 5.92 Å². The number of thiazole rings is 1. The Balaban J connectivity index is 1.75. The molecular weight excluding hydrogens is 284 g/mol. The molecule has 7 nitrogen and oxygen atoms in total. The predicted octanol–water partition coefficient (Wildman–Crippen LogP) is 0.750. The van der Waals surface area contributed by atoms with E-state index in [1.807, 2.05) is 0 Å². The smallest absolute Gasteiger partial charge is 0.311 e. The lowest BCUT2D eigenvalue weighted by molar-refractivity contribution is -0.148. The third-order valence-corrected chi connectivity index (χ3v) is 3.41. The number of methoxy groups -OCH3 is 1. The molecule has 2 rings (SSSR count). The van der Waals surface area contributed by atoms with E-state index in [1.165, 1.54) is 18.4 Å². The fourth-order valence-electron chi connectivity index (χ4n) is 1.39. The summed E-state index contributed by atoms with van der Waals surface area (Å²) >= 11 is 1.19. The van der Waals surface area contributed by atoms with E-state index in [2.05, 4.69) is 15.0 Å². The highest BCUT2D eigenvalue weighted by Crippen LogP contribution is 2.29. The van der Waals surface area contributed by atoms with Crippen LogP contribution in [0.5, 0.6) is 0 Å². The fourth-order valence-corrected chi connectivity index (χ4v) is 2.12. The van der Waals surface area contributed by atoms with Gasteiger partial charge in [0.1, 0.15) is 0 Å². The summed E-state index contributed by atoms with van der Waals surface area (Å²) in [6, 6.07) is 0. The van der Waals surface area contributed by atoms with E-state index in [-0.39, 0.29) is 24.9 Å².